The van der Waals surface area contributed by atoms with Crippen LogP contribution in [-0.4, -0.2) is 24.4 Å². The van der Waals surface area contributed by atoms with Crippen LogP contribution in [0.15, 0.2) is 18.2 Å². The van der Waals surface area contributed by atoms with Crippen LogP contribution in [0, 0.1) is 18.7 Å². The van der Waals surface area contributed by atoms with Crippen LogP contribution in [0.1, 0.15) is 25.0 Å². The van der Waals surface area contributed by atoms with E-state index in [2.05, 4.69) is 0 Å². The Morgan fingerprint density at radius 3 is 2.59 bits per heavy atom. The molecule has 0 heterocycles. The summed E-state index contributed by atoms with van der Waals surface area (Å²) in [5, 5.41) is 10.5. The topological polar surface area (TPSA) is 29.5 Å². The molecule has 2 nitrogen and oxygen atoms in total. The molecule has 0 saturated heterocycles. The monoisotopic (exact) mass is 240 g/mol. The third-order valence-electron chi connectivity index (χ3n) is 3.28. The van der Waals surface area contributed by atoms with Gasteiger partial charge in [-0.25, -0.2) is 4.39 Å². The quantitative estimate of drug-likeness (QED) is 0.857. The number of ether oxygens (including phenoxy) is 1. The lowest BCUT2D eigenvalue weighted by atomic mass is 9.84. The van der Waals surface area contributed by atoms with Gasteiger partial charge < -0.3 is 9.84 Å². The van der Waals surface area contributed by atoms with Crippen molar-refractivity contribution in [1.82, 2.24) is 0 Å². The smallest absolute Gasteiger partial charge is 0.123 e. The second kappa shape index (κ2) is 5.61. The lowest BCUT2D eigenvalue weighted by Gasteiger charge is -2.32. The summed E-state index contributed by atoms with van der Waals surface area (Å²) in [6.45, 7) is 6.05. The van der Waals surface area contributed by atoms with E-state index in [0.29, 0.717) is 6.42 Å². The largest absolute Gasteiger partial charge is 0.387 e. The second-order valence-electron chi connectivity index (χ2n) is 4.94. The fourth-order valence-corrected chi connectivity index (χ4v) is 1.83. The van der Waals surface area contributed by atoms with E-state index in [1.54, 1.807) is 13.2 Å². The summed E-state index contributed by atoms with van der Waals surface area (Å²) in [7, 11) is 1.56. The van der Waals surface area contributed by atoms with Gasteiger partial charge in [0.25, 0.3) is 0 Å². The predicted octanol–water partition coefficient (Wildman–Crippen LogP) is 2.71. The molecule has 1 atom stereocenters. The van der Waals surface area contributed by atoms with Crippen molar-refractivity contribution in [2.45, 2.75) is 32.8 Å². The van der Waals surface area contributed by atoms with Crippen LogP contribution < -0.4 is 0 Å². The molecule has 0 fully saturated rings. The molecule has 0 radical (unpaired) electrons. The minimum atomic E-state index is -0.951. The minimum Gasteiger partial charge on any atom is -0.387 e. The molecule has 1 aromatic rings. The third kappa shape index (κ3) is 3.51. The van der Waals surface area contributed by atoms with Crippen LogP contribution in [0.3, 0.4) is 0 Å². The molecule has 3 heteroatoms. The van der Waals surface area contributed by atoms with Crippen LogP contribution in [-0.2, 0) is 11.2 Å². The zero-order chi connectivity index (χ0) is 13.1. The fraction of sp³-hybridized carbons (Fsp3) is 0.571. The summed E-state index contributed by atoms with van der Waals surface area (Å²) in [4.78, 5) is 0. The van der Waals surface area contributed by atoms with Gasteiger partial charge in [0.15, 0.2) is 0 Å². The highest BCUT2D eigenvalue weighted by Crippen LogP contribution is 2.25. The van der Waals surface area contributed by atoms with E-state index < -0.39 is 5.60 Å². The van der Waals surface area contributed by atoms with Gasteiger partial charge in [0, 0.05) is 13.5 Å². The lowest BCUT2D eigenvalue weighted by Crippen LogP contribution is -2.42. The van der Waals surface area contributed by atoms with Crippen molar-refractivity contribution in [3.8, 4) is 0 Å². The molecule has 0 aliphatic heterocycles. The molecule has 1 aromatic carbocycles. The molecule has 0 amide bonds. The van der Waals surface area contributed by atoms with Crippen molar-refractivity contribution in [1.29, 1.82) is 0 Å². The summed E-state index contributed by atoms with van der Waals surface area (Å²) < 4.78 is 18.3. The van der Waals surface area contributed by atoms with Gasteiger partial charge in [-0.3, -0.25) is 0 Å². The number of rotatable bonds is 5. The van der Waals surface area contributed by atoms with Crippen molar-refractivity contribution >= 4 is 0 Å². The van der Waals surface area contributed by atoms with E-state index in [-0.39, 0.29) is 18.3 Å². The molecule has 0 saturated carbocycles. The Hall–Kier alpha value is -0.930. The number of methoxy groups -OCH3 is 1. The highest BCUT2D eigenvalue weighted by Gasteiger charge is 2.31. The zero-order valence-electron chi connectivity index (χ0n) is 11.0. The standard InChI is InChI=1S/C14H21FO2/c1-10(2)14(16,9-17-4)8-12-7-13(15)6-5-11(12)3/h5-7,10,16H,8-9H2,1-4H3. The first-order valence-electron chi connectivity index (χ1n) is 5.85. The number of hydrogen-bond donors (Lipinski definition) is 1. The Morgan fingerprint density at radius 1 is 1.41 bits per heavy atom. The summed E-state index contributed by atoms with van der Waals surface area (Å²) >= 11 is 0. The van der Waals surface area contributed by atoms with E-state index in [4.69, 9.17) is 4.74 Å². The lowest BCUT2D eigenvalue weighted by molar-refractivity contribution is -0.0638. The zero-order valence-corrected chi connectivity index (χ0v) is 11.0. The van der Waals surface area contributed by atoms with Crippen molar-refractivity contribution < 1.29 is 14.2 Å². The summed E-state index contributed by atoms with van der Waals surface area (Å²) in [6, 6.07) is 4.65. The first kappa shape index (κ1) is 14.1. The van der Waals surface area contributed by atoms with E-state index in [0.717, 1.165) is 11.1 Å². The van der Waals surface area contributed by atoms with Crippen LogP contribution >= 0.6 is 0 Å². The van der Waals surface area contributed by atoms with Gasteiger partial charge in [-0.2, -0.15) is 0 Å². The van der Waals surface area contributed by atoms with Crippen LogP contribution in [0.5, 0.6) is 0 Å². The van der Waals surface area contributed by atoms with Crippen molar-refractivity contribution in [2.75, 3.05) is 13.7 Å². The number of hydrogen-bond acceptors (Lipinski definition) is 2. The van der Waals surface area contributed by atoms with E-state index >= 15 is 0 Å². The normalized spacial score (nSPS) is 15.0. The summed E-state index contributed by atoms with van der Waals surface area (Å²) in [6.07, 6.45) is 0.405. The third-order valence-corrected chi connectivity index (χ3v) is 3.28. The first-order chi connectivity index (χ1) is 7.89. The molecule has 0 bridgehead atoms. The van der Waals surface area contributed by atoms with Gasteiger partial charge in [0.05, 0.1) is 12.2 Å². The average Bonchev–Trinajstić information content (AvgIpc) is 2.23. The highest BCUT2D eigenvalue weighted by molar-refractivity contribution is 5.28. The number of halogens is 1. The van der Waals surface area contributed by atoms with Crippen molar-refractivity contribution in [2.24, 2.45) is 5.92 Å². The Bertz CT molecular complexity index is 376. The van der Waals surface area contributed by atoms with E-state index in [1.165, 1.54) is 12.1 Å². The number of aliphatic hydroxyl groups is 1. The molecular formula is C14H21FO2. The van der Waals surface area contributed by atoms with Crippen molar-refractivity contribution in [3.63, 3.8) is 0 Å². The van der Waals surface area contributed by atoms with Gasteiger partial charge >= 0.3 is 0 Å². The molecule has 0 aliphatic rings. The van der Waals surface area contributed by atoms with Gasteiger partial charge in [0.1, 0.15) is 5.82 Å². The molecule has 0 spiro atoms. The van der Waals surface area contributed by atoms with Crippen LogP contribution in [0.25, 0.3) is 0 Å². The second-order valence-corrected chi connectivity index (χ2v) is 4.94. The van der Waals surface area contributed by atoms with E-state index in [9.17, 15) is 9.50 Å². The van der Waals surface area contributed by atoms with Gasteiger partial charge in [0.2, 0.25) is 0 Å². The maximum Gasteiger partial charge on any atom is 0.123 e. The number of benzene rings is 1. The minimum absolute atomic E-state index is 0.0464. The predicted molar refractivity (Wildman–Crippen MR) is 66.5 cm³/mol. The molecule has 0 aromatic heterocycles. The Kier molecular flexibility index (Phi) is 4.66. The SMILES string of the molecule is COCC(O)(Cc1cc(F)ccc1C)C(C)C. The van der Waals surface area contributed by atoms with Gasteiger partial charge in [-0.15, -0.1) is 0 Å². The molecule has 1 N–H and O–H groups in total. The maximum absolute atomic E-state index is 13.2. The first-order valence-corrected chi connectivity index (χ1v) is 5.85. The van der Waals surface area contributed by atoms with Gasteiger partial charge in [-0.05, 0) is 36.1 Å². The maximum atomic E-state index is 13.2. The Labute approximate surface area is 102 Å². The van der Waals surface area contributed by atoms with Crippen LogP contribution in [0.2, 0.25) is 0 Å². The fourth-order valence-electron chi connectivity index (χ4n) is 1.83. The molecule has 17 heavy (non-hydrogen) atoms. The van der Waals surface area contributed by atoms with Crippen LogP contribution in [0.4, 0.5) is 4.39 Å². The van der Waals surface area contributed by atoms with Gasteiger partial charge in [-0.1, -0.05) is 19.9 Å². The Balaban J connectivity index is 2.97. The molecule has 1 rings (SSSR count). The summed E-state index contributed by atoms with van der Waals surface area (Å²) in [5.74, 6) is -0.223. The average molecular weight is 240 g/mol. The Morgan fingerprint density at radius 2 is 2.06 bits per heavy atom. The molecular weight excluding hydrogens is 219 g/mol. The highest BCUT2D eigenvalue weighted by atomic mass is 19.1. The number of aryl methyl sites for hydroxylation is 1. The van der Waals surface area contributed by atoms with Crippen molar-refractivity contribution in [3.05, 3.63) is 35.1 Å². The molecule has 1 unspecified atom stereocenters. The molecule has 96 valence electrons. The summed E-state index contributed by atoms with van der Waals surface area (Å²) in [5.41, 5.74) is 0.868. The molecule has 0 aliphatic carbocycles. The van der Waals surface area contributed by atoms with E-state index in [1.807, 2.05) is 20.8 Å².